The van der Waals surface area contributed by atoms with E-state index in [2.05, 4.69) is 10.8 Å². The average molecular weight is 587 g/mol. The maximum Gasteiger partial charge on any atom is 1.00 e. The number of nitrogen functional groups attached to an aromatic ring is 1. The number of anilines is 3. The third-order valence-corrected chi connectivity index (χ3v) is 6.94. The molecule has 3 rings (SSSR count). The number of methoxy groups -OCH3 is 2. The first-order chi connectivity index (χ1) is 18.2. The Morgan fingerprint density at radius 2 is 1.56 bits per heavy atom. The van der Waals surface area contributed by atoms with Crippen molar-refractivity contribution in [2.24, 2.45) is 0 Å². The van der Waals surface area contributed by atoms with Gasteiger partial charge in [0.05, 0.1) is 36.9 Å². The first-order valence-electron chi connectivity index (χ1n) is 11.0. The van der Waals surface area contributed by atoms with Crippen LogP contribution in [0, 0.1) is 11.3 Å². The van der Waals surface area contributed by atoms with Gasteiger partial charge in [0, 0.05) is 56.0 Å². The fourth-order valence-corrected chi connectivity index (χ4v) is 5.01. The van der Waals surface area contributed by atoms with E-state index in [4.69, 9.17) is 25.9 Å². The van der Waals surface area contributed by atoms with Crippen molar-refractivity contribution in [3.63, 3.8) is 0 Å². The van der Waals surface area contributed by atoms with E-state index < -0.39 is 0 Å². The van der Waals surface area contributed by atoms with Crippen LogP contribution >= 0.6 is 23.1 Å². The van der Waals surface area contributed by atoms with Crippen LogP contribution in [0.3, 0.4) is 0 Å². The van der Waals surface area contributed by atoms with Crippen LogP contribution in [0.4, 0.5) is 17.1 Å². The first-order valence-corrected chi connectivity index (χ1v) is 12.8. The first kappa shape index (κ1) is 38.6. The number of esters is 2. The van der Waals surface area contributed by atoms with Crippen molar-refractivity contribution in [1.82, 2.24) is 0 Å². The molecule has 0 radical (unpaired) electrons. The van der Waals surface area contributed by atoms with Crippen LogP contribution in [0.15, 0.2) is 41.3 Å². The summed E-state index contributed by atoms with van der Waals surface area (Å²) in [5.74, 6) is -0.468. The Labute approximate surface area is 260 Å². The molecular weight excluding hydrogens is 551 g/mol. The van der Waals surface area contributed by atoms with E-state index in [0.29, 0.717) is 16.1 Å². The fraction of sp³-hybridized carbons (Fsp3) is 0.346. The Hall–Kier alpha value is -2.50. The number of carbonyl (C=O) groups is 2. The molecule has 0 saturated carbocycles. The molecule has 0 saturated heterocycles. The zero-order valence-corrected chi connectivity index (χ0v) is 27.5. The summed E-state index contributed by atoms with van der Waals surface area (Å²) in [6, 6.07) is 13.6. The monoisotopic (exact) mass is 586 g/mol. The molecule has 0 atom stereocenters. The number of carbonyl (C=O) groups excluding carboxylic acids is 2. The van der Waals surface area contributed by atoms with Crippen LogP contribution in [-0.4, -0.2) is 79.4 Å². The van der Waals surface area contributed by atoms with Crippen molar-refractivity contribution >= 4 is 62.2 Å². The van der Waals surface area contributed by atoms with Gasteiger partial charge in [0.15, 0.2) is 0 Å². The van der Waals surface area contributed by atoms with Crippen LogP contribution in [0.1, 0.15) is 15.2 Å². The number of nitriles is 1. The molecule has 2 aromatic carbocycles. The third-order valence-electron chi connectivity index (χ3n) is 4.75. The van der Waals surface area contributed by atoms with Crippen molar-refractivity contribution in [2.75, 3.05) is 77.9 Å². The maximum atomic E-state index is 11.6. The molecule has 39 heavy (non-hydrogen) atoms. The van der Waals surface area contributed by atoms with Crippen molar-refractivity contribution in [2.45, 2.75) is 4.90 Å². The van der Waals surface area contributed by atoms with E-state index in [1.54, 1.807) is 0 Å². The number of aliphatic hydroxyl groups excluding tert-OH is 1. The Morgan fingerprint density at radius 1 is 1.03 bits per heavy atom. The van der Waals surface area contributed by atoms with Gasteiger partial charge in [-0.25, -0.2) is 4.79 Å². The Balaban J connectivity index is 0. The van der Waals surface area contributed by atoms with Crippen LogP contribution in [0.2, 0.25) is 0 Å². The second-order valence-electron chi connectivity index (χ2n) is 7.40. The van der Waals surface area contributed by atoms with Crippen LogP contribution in [-0.2, 0) is 14.3 Å². The molecule has 208 valence electrons. The molecule has 0 fully saturated rings. The molecule has 0 spiro atoms. The van der Waals surface area contributed by atoms with E-state index in [0.717, 1.165) is 40.6 Å². The number of rotatable bonds is 6. The second kappa shape index (κ2) is 20.4. The number of thiophene rings is 1. The van der Waals surface area contributed by atoms with Crippen molar-refractivity contribution in [1.29, 1.82) is 5.26 Å². The third kappa shape index (κ3) is 10.9. The minimum Gasteiger partial charge on any atom is -0.857 e. The molecule has 0 aliphatic rings. The number of benzene rings is 2. The van der Waals surface area contributed by atoms with Crippen molar-refractivity contribution in [3.05, 3.63) is 46.8 Å². The standard InChI is InChI=1S/2C12H14N2O2S.CH4O.CH3O.Na/c1-14(2)7-5-4-6-8-9(7)10(13)11(17-8)12(15)16-3;1-14(2)10-5-4-6-11(9(10)7-13)17-8-12(15)16-3;2*1-2;/h4-6H,13H2,1-3H3;4-6H,8H2,1-3H3;2H,1H3;1H3;/q;;;-1;+1. The van der Waals surface area contributed by atoms with Gasteiger partial charge in [0.1, 0.15) is 10.9 Å². The van der Waals surface area contributed by atoms with Gasteiger partial charge in [0.25, 0.3) is 0 Å². The van der Waals surface area contributed by atoms with Gasteiger partial charge in [-0.15, -0.1) is 23.1 Å². The molecule has 0 bridgehead atoms. The van der Waals surface area contributed by atoms with Crippen LogP contribution in [0.25, 0.3) is 10.1 Å². The SMILES string of the molecule is CO.COC(=O)CSc1cccc(N(C)C)c1C#N.COC(=O)c1sc2cccc(N(C)C)c2c1N.C[O-].[Na+]. The number of thioether (sulfide) groups is 1. The number of ether oxygens (including phenoxy) is 2. The van der Waals surface area contributed by atoms with Gasteiger partial charge in [0.2, 0.25) is 0 Å². The summed E-state index contributed by atoms with van der Waals surface area (Å²) < 4.78 is 10.3. The summed E-state index contributed by atoms with van der Waals surface area (Å²) in [5.41, 5.74) is 8.98. The number of hydrogen-bond acceptors (Lipinski definition) is 12. The minimum absolute atomic E-state index is 0. The Morgan fingerprint density at radius 3 is 2.05 bits per heavy atom. The van der Waals surface area contributed by atoms with Gasteiger partial charge in [-0.2, -0.15) is 12.4 Å². The summed E-state index contributed by atoms with van der Waals surface area (Å²) in [6.45, 7) is 0. The summed E-state index contributed by atoms with van der Waals surface area (Å²) >= 11 is 2.67. The largest absolute Gasteiger partial charge is 1.00 e. The zero-order chi connectivity index (χ0) is 29.4. The van der Waals surface area contributed by atoms with Gasteiger partial charge in [-0.1, -0.05) is 12.1 Å². The summed E-state index contributed by atoms with van der Waals surface area (Å²) in [4.78, 5) is 27.8. The van der Waals surface area contributed by atoms with E-state index in [9.17, 15) is 9.59 Å². The molecule has 10 nitrogen and oxygen atoms in total. The van der Waals surface area contributed by atoms with E-state index in [1.165, 1.54) is 37.3 Å². The smallest absolute Gasteiger partial charge is 0.857 e. The van der Waals surface area contributed by atoms with Crippen LogP contribution < -0.4 is 50.2 Å². The number of aliphatic hydroxyl groups is 1. The van der Waals surface area contributed by atoms with E-state index in [1.807, 2.05) is 74.4 Å². The summed E-state index contributed by atoms with van der Waals surface area (Å²) in [6.07, 6.45) is 0. The molecule has 3 aromatic rings. The molecular formula is C26H35N4NaO6S2. The summed E-state index contributed by atoms with van der Waals surface area (Å²) in [5, 5.41) is 25.3. The molecule has 0 unspecified atom stereocenters. The molecule has 0 aliphatic heterocycles. The van der Waals surface area contributed by atoms with Gasteiger partial charge >= 0.3 is 41.5 Å². The molecule has 3 N–H and O–H groups in total. The predicted molar refractivity (Wildman–Crippen MR) is 154 cm³/mol. The fourth-order valence-electron chi connectivity index (χ4n) is 3.09. The van der Waals surface area contributed by atoms with E-state index in [-0.39, 0.29) is 47.2 Å². The van der Waals surface area contributed by atoms with Gasteiger partial charge in [-0.3, -0.25) is 4.79 Å². The quantitative estimate of drug-likeness (QED) is 0.225. The van der Waals surface area contributed by atoms with Crippen molar-refractivity contribution in [3.8, 4) is 6.07 Å². The van der Waals surface area contributed by atoms with Crippen LogP contribution in [0.5, 0.6) is 0 Å². The number of fused-ring (bicyclic) bond motifs is 1. The zero-order valence-electron chi connectivity index (χ0n) is 23.9. The maximum absolute atomic E-state index is 11.6. The Bertz CT molecular complexity index is 1230. The molecule has 0 amide bonds. The molecule has 1 heterocycles. The Kier molecular flexibility index (Phi) is 20.2. The van der Waals surface area contributed by atoms with Gasteiger partial charge < -0.3 is 35.2 Å². The molecule has 0 aliphatic carbocycles. The minimum atomic E-state index is -0.381. The average Bonchev–Trinajstić information content (AvgIpc) is 3.29. The number of hydrogen-bond donors (Lipinski definition) is 2. The second-order valence-corrected chi connectivity index (χ2v) is 9.47. The molecule has 1 aromatic heterocycles. The van der Waals surface area contributed by atoms with Gasteiger partial charge in [-0.05, 0) is 24.3 Å². The molecule has 13 heteroatoms. The van der Waals surface area contributed by atoms with Crippen molar-refractivity contribution < 1.29 is 58.8 Å². The van der Waals surface area contributed by atoms with E-state index >= 15 is 0 Å². The topological polar surface area (TPSA) is 152 Å². The number of nitrogens with two attached hydrogens (primary N) is 1. The summed E-state index contributed by atoms with van der Waals surface area (Å²) in [7, 11) is 12.1. The normalized spacial score (nSPS) is 9.05. The predicted octanol–water partition coefficient (Wildman–Crippen LogP) is -0.186. The number of nitrogens with zero attached hydrogens (tertiary/aromatic N) is 3.